The molecule has 0 heterocycles. The molecular weight excluding hydrogens is 417 g/mol. The van der Waals surface area contributed by atoms with E-state index in [1.165, 1.54) is 5.56 Å². The van der Waals surface area contributed by atoms with Crippen LogP contribution in [0.25, 0.3) is 0 Å². The fraction of sp³-hybridized carbons (Fsp3) is 0.200. The van der Waals surface area contributed by atoms with Crippen LogP contribution in [0.1, 0.15) is 22.3 Å². The SMILES string of the molecule is C=CCc1cc(CNc2ccccc2C)cc(OC)c1OCc1ccc(Cl)cc1Cl. The highest BCUT2D eigenvalue weighted by molar-refractivity contribution is 6.35. The molecule has 0 spiro atoms. The Kier molecular flexibility index (Phi) is 7.67. The molecule has 0 aliphatic rings. The lowest BCUT2D eigenvalue weighted by Crippen LogP contribution is -2.05. The summed E-state index contributed by atoms with van der Waals surface area (Å²) >= 11 is 12.3. The van der Waals surface area contributed by atoms with Gasteiger partial charge in [0.05, 0.1) is 7.11 Å². The maximum Gasteiger partial charge on any atom is 0.165 e. The van der Waals surface area contributed by atoms with Crippen molar-refractivity contribution in [1.82, 2.24) is 0 Å². The normalized spacial score (nSPS) is 10.5. The summed E-state index contributed by atoms with van der Waals surface area (Å²) in [5, 5.41) is 4.66. The van der Waals surface area contributed by atoms with Crippen LogP contribution in [0.5, 0.6) is 11.5 Å². The van der Waals surface area contributed by atoms with Crippen LogP contribution in [-0.2, 0) is 19.6 Å². The van der Waals surface area contributed by atoms with E-state index in [1.807, 2.05) is 30.3 Å². The highest BCUT2D eigenvalue weighted by atomic mass is 35.5. The number of aryl methyl sites for hydroxylation is 1. The number of allylic oxidation sites excluding steroid dienone is 1. The Bertz CT molecular complexity index is 1030. The van der Waals surface area contributed by atoms with Crippen molar-refractivity contribution < 1.29 is 9.47 Å². The van der Waals surface area contributed by atoms with Gasteiger partial charge in [-0.3, -0.25) is 0 Å². The number of nitrogens with one attached hydrogen (secondary N) is 1. The van der Waals surface area contributed by atoms with Crippen molar-refractivity contribution >= 4 is 28.9 Å². The highest BCUT2D eigenvalue weighted by Gasteiger charge is 2.14. The van der Waals surface area contributed by atoms with E-state index >= 15 is 0 Å². The monoisotopic (exact) mass is 441 g/mol. The van der Waals surface area contributed by atoms with Gasteiger partial charge in [-0.1, -0.05) is 53.5 Å². The Morgan fingerprint density at radius 3 is 2.53 bits per heavy atom. The van der Waals surface area contributed by atoms with Crippen LogP contribution in [0.15, 0.2) is 67.3 Å². The Morgan fingerprint density at radius 1 is 1.03 bits per heavy atom. The highest BCUT2D eigenvalue weighted by Crippen LogP contribution is 2.35. The molecule has 3 aromatic rings. The smallest absolute Gasteiger partial charge is 0.165 e. The number of rotatable bonds is 9. The number of halogens is 2. The van der Waals surface area contributed by atoms with Gasteiger partial charge in [-0.05, 0) is 54.8 Å². The van der Waals surface area contributed by atoms with E-state index in [0.717, 1.165) is 22.4 Å². The van der Waals surface area contributed by atoms with E-state index in [2.05, 4.69) is 37.0 Å². The summed E-state index contributed by atoms with van der Waals surface area (Å²) in [6.45, 7) is 6.96. The van der Waals surface area contributed by atoms with Crippen molar-refractivity contribution in [2.24, 2.45) is 0 Å². The van der Waals surface area contributed by atoms with Gasteiger partial charge in [0, 0.05) is 33.4 Å². The third-order valence-corrected chi connectivity index (χ3v) is 5.38. The molecule has 0 aromatic heterocycles. The van der Waals surface area contributed by atoms with E-state index in [4.69, 9.17) is 32.7 Å². The minimum absolute atomic E-state index is 0.317. The largest absolute Gasteiger partial charge is 0.493 e. The van der Waals surface area contributed by atoms with Crippen LogP contribution in [-0.4, -0.2) is 7.11 Å². The van der Waals surface area contributed by atoms with Gasteiger partial charge in [0.25, 0.3) is 0 Å². The second kappa shape index (κ2) is 10.4. The predicted octanol–water partition coefficient (Wildman–Crippen LogP) is 7.23. The van der Waals surface area contributed by atoms with Crippen molar-refractivity contribution in [1.29, 1.82) is 0 Å². The van der Waals surface area contributed by atoms with Gasteiger partial charge < -0.3 is 14.8 Å². The topological polar surface area (TPSA) is 30.5 Å². The fourth-order valence-electron chi connectivity index (χ4n) is 3.21. The van der Waals surface area contributed by atoms with Crippen molar-refractivity contribution in [3.05, 3.63) is 99.6 Å². The van der Waals surface area contributed by atoms with Gasteiger partial charge in [0.15, 0.2) is 11.5 Å². The Labute approximate surface area is 188 Å². The van der Waals surface area contributed by atoms with Crippen LogP contribution in [0, 0.1) is 6.92 Å². The molecule has 0 saturated carbocycles. The van der Waals surface area contributed by atoms with E-state index < -0.39 is 0 Å². The molecule has 0 radical (unpaired) electrons. The molecule has 3 nitrogen and oxygen atoms in total. The van der Waals surface area contributed by atoms with Gasteiger partial charge in [0.1, 0.15) is 6.61 Å². The van der Waals surface area contributed by atoms with Crippen LogP contribution in [0.4, 0.5) is 5.69 Å². The molecule has 0 unspecified atom stereocenters. The first-order valence-electron chi connectivity index (χ1n) is 9.68. The summed E-state index contributed by atoms with van der Waals surface area (Å²) in [5.74, 6) is 1.38. The standard InChI is InChI=1S/C25H25Cl2NO2/c1-4-7-19-12-18(15-28-23-9-6-5-8-17(23)2)13-24(29-3)25(19)30-16-20-10-11-21(26)14-22(20)27/h4-6,8-14,28H,1,7,15-16H2,2-3H3. The minimum Gasteiger partial charge on any atom is -0.493 e. The summed E-state index contributed by atoms with van der Waals surface area (Å²) in [5.41, 5.74) is 5.29. The summed E-state index contributed by atoms with van der Waals surface area (Å²) in [6, 6.07) is 17.7. The lowest BCUT2D eigenvalue weighted by Gasteiger charge is -2.18. The summed E-state index contributed by atoms with van der Waals surface area (Å²) in [4.78, 5) is 0. The minimum atomic E-state index is 0.317. The average molecular weight is 442 g/mol. The van der Waals surface area contributed by atoms with E-state index in [0.29, 0.717) is 41.1 Å². The van der Waals surface area contributed by atoms with Crippen molar-refractivity contribution in [2.75, 3.05) is 12.4 Å². The zero-order valence-electron chi connectivity index (χ0n) is 17.2. The molecule has 0 bridgehead atoms. The molecule has 1 N–H and O–H groups in total. The van der Waals surface area contributed by atoms with Crippen LogP contribution in [0.2, 0.25) is 10.0 Å². The molecule has 0 amide bonds. The molecule has 0 fully saturated rings. The first kappa shape index (κ1) is 22.1. The molecule has 0 atom stereocenters. The van der Waals surface area contributed by atoms with Crippen molar-refractivity contribution in [3.8, 4) is 11.5 Å². The molecule has 0 aliphatic heterocycles. The predicted molar refractivity (Wildman–Crippen MR) is 126 cm³/mol. The maximum atomic E-state index is 6.29. The van der Waals surface area contributed by atoms with Gasteiger partial charge in [0.2, 0.25) is 0 Å². The molecule has 3 rings (SSSR count). The van der Waals surface area contributed by atoms with Crippen molar-refractivity contribution in [3.63, 3.8) is 0 Å². The number of ether oxygens (including phenoxy) is 2. The molecule has 30 heavy (non-hydrogen) atoms. The van der Waals surface area contributed by atoms with E-state index in [1.54, 1.807) is 19.2 Å². The Morgan fingerprint density at radius 2 is 1.83 bits per heavy atom. The number of para-hydroxylation sites is 1. The summed E-state index contributed by atoms with van der Waals surface area (Å²) in [6.07, 6.45) is 2.52. The molecule has 0 aliphatic carbocycles. The number of hydrogen-bond donors (Lipinski definition) is 1. The number of benzene rings is 3. The lowest BCUT2D eigenvalue weighted by molar-refractivity contribution is 0.282. The lowest BCUT2D eigenvalue weighted by atomic mass is 10.0. The Hall–Kier alpha value is -2.62. The Balaban J connectivity index is 1.83. The second-order valence-corrected chi connectivity index (χ2v) is 7.82. The molecule has 3 aromatic carbocycles. The molecule has 156 valence electrons. The fourth-order valence-corrected chi connectivity index (χ4v) is 3.67. The quantitative estimate of drug-likeness (QED) is 0.355. The second-order valence-electron chi connectivity index (χ2n) is 6.97. The van der Waals surface area contributed by atoms with Crippen LogP contribution in [0.3, 0.4) is 0 Å². The van der Waals surface area contributed by atoms with Gasteiger partial charge in [-0.2, -0.15) is 0 Å². The van der Waals surface area contributed by atoms with Crippen molar-refractivity contribution in [2.45, 2.75) is 26.5 Å². The van der Waals surface area contributed by atoms with Gasteiger partial charge in [-0.15, -0.1) is 6.58 Å². The van der Waals surface area contributed by atoms with Gasteiger partial charge in [-0.25, -0.2) is 0 Å². The zero-order valence-corrected chi connectivity index (χ0v) is 18.7. The first-order valence-corrected chi connectivity index (χ1v) is 10.4. The molecule has 5 heteroatoms. The number of anilines is 1. The summed E-state index contributed by atoms with van der Waals surface area (Å²) < 4.78 is 11.8. The summed E-state index contributed by atoms with van der Waals surface area (Å²) in [7, 11) is 1.65. The third-order valence-electron chi connectivity index (χ3n) is 4.79. The first-order chi connectivity index (χ1) is 14.5. The number of hydrogen-bond acceptors (Lipinski definition) is 3. The van der Waals surface area contributed by atoms with E-state index in [9.17, 15) is 0 Å². The molecule has 0 saturated heterocycles. The van der Waals surface area contributed by atoms with E-state index in [-0.39, 0.29) is 0 Å². The van der Waals surface area contributed by atoms with Crippen LogP contribution >= 0.6 is 23.2 Å². The maximum absolute atomic E-state index is 6.29. The van der Waals surface area contributed by atoms with Crippen LogP contribution < -0.4 is 14.8 Å². The average Bonchev–Trinajstić information content (AvgIpc) is 2.73. The number of methoxy groups -OCH3 is 1. The van der Waals surface area contributed by atoms with Gasteiger partial charge >= 0.3 is 0 Å². The zero-order chi connectivity index (χ0) is 21.5. The molecular formula is C25H25Cl2NO2. The third kappa shape index (κ3) is 5.50.